The van der Waals surface area contributed by atoms with Crippen molar-refractivity contribution in [1.82, 2.24) is 5.32 Å². The molecule has 0 bridgehead atoms. The summed E-state index contributed by atoms with van der Waals surface area (Å²) < 4.78 is 0. The molecule has 1 fully saturated rings. The van der Waals surface area contributed by atoms with Crippen molar-refractivity contribution in [3.05, 3.63) is 58.6 Å². The maximum atomic E-state index is 12.3. The van der Waals surface area contributed by atoms with Crippen LogP contribution in [0.15, 0.2) is 42.5 Å². The Morgan fingerprint density at radius 2 is 1.96 bits per heavy atom. The fourth-order valence-electron chi connectivity index (χ4n) is 3.08. The summed E-state index contributed by atoms with van der Waals surface area (Å²) in [7, 11) is 0. The Hall–Kier alpha value is -2.53. The van der Waals surface area contributed by atoms with Gasteiger partial charge in [0.15, 0.2) is 0 Å². The summed E-state index contributed by atoms with van der Waals surface area (Å²) in [6.45, 7) is 5.02. The Balaban J connectivity index is 1.57. The molecule has 1 atom stereocenters. The predicted molar refractivity (Wildman–Crippen MR) is 109 cm³/mol. The molecule has 0 spiro atoms. The van der Waals surface area contributed by atoms with E-state index in [0.29, 0.717) is 24.5 Å². The first-order chi connectivity index (χ1) is 12.9. The van der Waals surface area contributed by atoms with E-state index < -0.39 is 6.04 Å². The molecule has 0 aromatic heterocycles. The first-order valence-electron chi connectivity index (χ1n) is 9.14. The third-order valence-corrected chi connectivity index (χ3v) is 4.98. The number of anilines is 2. The van der Waals surface area contributed by atoms with Gasteiger partial charge in [-0.1, -0.05) is 41.4 Å². The third kappa shape index (κ3) is 4.80. The number of aryl methyl sites for hydroxylation is 1. The van der Waals surface area contributed by atoms with Crippen LogP contribution in [-0.2, 0) is 16.1 Å². The van der Waals surface area contributed by atoms with Crippen LogP contribution >= 0.6 is 11.6 Å². The first kappa shape index (κ1) is 19.2. The van der Waals surface area contributed by atoms with Gasteiger partial charge in [0.05, 0.1) is 10.7 Å². The molecule has 2 N–H and O–H groups in total. The summed E-state index contributed by atoms with van der Waals surface area (Å²) in [6.07, 6.45) is 1.42. The van der Waals surface area contributed by atoms with Gasteiger partial charge in [-0.3, -0.25) is 9.59 Å². The van der Waals surface area contributed by atoms with Crippen LogP contribution in [0.5, 0.6) is 0 Å². The molecule has 142 valence electrons. The topological polar surface area (TPSA) is 61.4 Å². The number of benzene rings is 2. The van der Waals surface area contributed by atoms with E-state index in [9.17, 15) is 9.59 Å². The summed E-state index contributed by atoms with van der Waals surface area (Å²) in [5.74, 6) is 0.00644. The minimum Gasteiger partial charge on any atom is -0.374 e. The second-order valence-electron chi connectivity index (χ2n) is 6.88. The number of carbonyl (C=O) groups is 2. The minimum absolute atomic E-state index is 0.0921. The normalized spacial score (nSPS) is 14.9. The zero-order valence-electron chi connectivity index (χ0n) is 15.6. The predicted octanol–water partition coefficient (Wildman–Crippen LogP) is 3.89. The van der Waals surface area contributed by atoms with Crippen molar-refractivity contribution in [2.24, 2.45) is 0 Å². The number of hydrogen-bond acceptors (Lipinski definition) is 3. The summed E-state index contributed by atoms with van der Waals surface area (Å²) >= 11 is 6.36. The van der Waals surface area contributed by atoms with E-state index >= 15 is 0 Å². The van der Waals surface area contributed by atoms with Gasteiger partial charge >= 0.3 is 0 Å². The van der Waals surface area contributed by atoms with Gasteiger partial charge < -0.3 is 15.5 Å². The van der Waals surface area contributed by atoms with E-state index in [0.717, 1.165) is 23.4 Å². The molecule has 0 radical (unpaired) electrons. The van der Waals surface area contributed by atoms with Crippen molar-refractivity contribution >= 4 is 34.8 Å². The van der Waals surface area contributed by atoms with E-state index in [-0.39, 0.29) is 11.8 Å². The Labute approximate surface area is 164 Å². The molecule has 6 heteroatoms. The molecule has 3 rings (SSSR count). The molecule has 27 heavy (non-hydrogen) atoms. The molecule has 5 nitrogen and oxygen atoms in total. The molecule has 1 aliphatic heterocycles. The lowest BCUT2D eigenvalue weighted by Crippen LogP contribution is -2.37. The van der Waals surface area contributed by atoms with Crippen molar-refractivity contribution in [2.75, 3.05) is 16.8 Å². The number of rotatable bonds is 6. The average molecular weight is 386 g/mol. The standard InChI is InChI=1S/C21H24ClN3O2/c1-14-5-7-16(8-6-14)13-23-21(27)15(2)24-17-9-10-19(18(22)12-17)25-11-3-4-20(25)26/h5-10,12,15,24H,3-4,11,13H2,1-2H3,(H,23,27)/t15-/m1/s1. The number of nitrogens with one attached hydrogen (secondary N) is 2. The molecule has 0 aliphatic carbocycles. The third-order valence-electron chi connectivity index (χ3n) is 4.68. The van der Waals surface area contributed by atoms with Crippen molar-refractivity contribution < 1.29 is 9.59 Å². The van der Waals surface area contributed by atoms with Crippen LogP contribution in [-0.4, -0.2) is 24.4 Å². The van der Waals surface area contributed by atoms with Crippen LogP contribution in [0, 0.1) is 6.92 Å². The first-order valence-corrected chi connectivity index (χ1v) is 9.51. The molecule has 1 aliphatic rings. The van der Waals surface area contributed by atoms with Crippen LogP contribution in [0.1, 0.15) is 30.9 Å². The Bertz CT molecular complexity index is 836. The smallest absolute Gasteiger partial charge is 0.242 e. The maximum absolute atomic E-state index is 12.3. The van der Waals surface area contributed by atoms with Crippen LogP contribution < -0.4 is 15.5 Å². The number of amides is 2. The van der Waals surface area contributed by atoms with E-state index in [1.54, 1.807) is 17.9 Å². The lowest BCUT2D eigenvalue weighted by molar-refractivity contribution is -0.121. The van der Waals surface area contributed by atoms with Gasteiger partial charge in [-0.15, -0.1) is 0 Å². The highest BCUT2D eigenvalue weighted by molar-refractivity contribution is 6.34. The van der Waals surface area contributed by atoms with Crippen molar-refractivity contribution in [3.8, 4) is 0 Å². The SMILES string of the molecule is Cc1ccc(CNC(=O)[C@@H](C)Nc2ccc(N3CCCC3=O)c(Cl)c2)cc1. The summed E-state index contributed by atoms with van der Waals surface area (Å²) in [4.78, 5) is 25.9. The summed E-state index contributed by atoms with van der Waals surface area (Å²) in [6, 6.07) is 13.1. The maximum Gasteiger partial charge on any atom is 0.242 e. The molecule has 2 aromatic rings. The van der Waals surface area contributed by atoms with Gasteiger partial charge in [0, 0.05) is 25.2 Å². The largest absolute Gasteiger partial charge is 0.374 e. The van der Waals surface area contributed by atoms with Crippen molar-refractivity contribution in [3.63, 3.8) is 0 Å². The molecule has 0 saturated carbocycles. The average Bonchev–Trinajstić information content (AvgIpc) is 3.07. The fourth-order valence-corrected chi connectivity index (χ4v) is 3.36. The Kier molecular flexibility index (Phi) is 6.01. The lowest BCUT2D eigenvalue weighted by Gasteiger charge is -2.20. The second-order valence-corrected chi connectivity index (χ2v) is 7.29. The van der Waals surface area contributed by atoms with Gasteiger partial charge in [0.2, 0.25) is 11.8 Å². The van der Waals surface area contributed by atoms with E-state index in [1.807, 2.05) is 43.3 Å². The Morgan fingerprint density at radius 1 is 1.22 bits per heavy atom. The molecule has 2 aromatic carbocycles. The number of halogens is 1. The van der Waals surface area contributed by atoms with Crippen LogP contribution in [0.25, 0.3) is 0 Å². The summed E-state index contributed by atoms with van der Waals surface area (Å²) in [5.41, 5.74) is 3.72. The molecule has 1 saturated heterocycles. The molecule has 2 amide bonds. The van der Waals surface area contributed by atoms with Gasteiger partial charge in [0.25, 0.3) is 0 Å². The van der Waals surface area contributed by atoms with Gasteiger partial charge in [-0.2, -0.15) is 0 Å². The van der Waals surface area contributed by atoms with Crippen LogP contribution in [0.3, 0.4) is 0 Å². The molecular formula is C21H24ClN3O2. The van der Waals surface area contributed by atoms with E-state index in [1.165, 1.54) is 5.56 Å². The lowest BCUT2D eigenvalue weighted by atomic mass is 10.1. The summed E-state index contributed by atoms with van der Waals surface area (Å²) in [5, 5.41) is 6.59. The quantitative estimate of drug-likeness (QED) is 0.792. The molecule has 0 unspecified atom stereocenters. The number of nitrogens with zero attached hydrogens (tertiary/aromatic N) is 1. The van der Waals surface area contributed by atoms with E-state index in [4.69, 9.17) is 11.6 Å². The number of carbonyl (C=O) groups excluding carboxylic acids is 2. The molecular weight excluding hydrogens is 362 g/mol. The highest BCUT2D eigenvalue weighted by Gasteiger charge is 2.23. The van der Waals surface area contributed by atoms with Gasteiger partial charge in [-0.05, 0) is 44.0 Å². The van der Waals surface area contributed by atoms with Crippen molar-refractivity contribution in [1.29, 1.82) is 0 Å². The highest BCUT2D eigenvalue weighted by Crippen LogP contribution is 2.31. The zero-order valence-corrected chi connectivity index (χ0v) is 16.3. The van der Waals surface area contributed by atoms with Crippen LogP contribution in [0.2, 0.25) is 5.02 Å². The number of hydrogen-bond donors (Lipinski definition) is 2. The zero-order chi connectivity index (χ0) is 19.4. The highest BCUT2D eigenvalue weighted by atomic mass is 35.5. The molecule has 1 heterocycles. The van der Waals surface area contributed by atoms with Crippen molar-refractivity contribution in [2.45, 2.75) is 39.3 Å². The Morgan fingerprint density at radius 3 is 2.59 bits per heavy atom. The second kappa shape index (κ2) is 8.44. The van der Waals surface area contributed by atoms with Gasteiger partial charge in [-0.25, -0.2) is 0 Å². The van der Waals surface area contributed by atoms with E-state index in [2.05, 4.69) is 10.6 Å². The van der Waals surface area contributed by atoms with Crippen LogP contribution in [0.4, 0.5) is 11.4 Å². The van der Waals surface area contributed by atoms with Gasteiger partial charge in [0.1, 0.15) is 6.04 Å². The minimum atomic E-state index is -0.411. The fraction of sp³-hybridized carbons (Fsp3) is 0.333. The monoisotopic (exact) mass is 385 g/mol.